The molecule has 0 aromatic heterocycles. The zero-order valence-electron chi connectivity index (χ0n) is 14.0. The minimum Gasteiger partial charge on any atom is -0.336 e. The summed E-state index contributed by atoms with van der Waals surface area (Å²) in [6.45, 7) is 2.30. The number of carbonyl (C=O) groups is 1. The normalized spacial score (nSPS) is 35.5. The van der Waals surface area contributed by atoms with E-state index in [4.69, 9.17) is 5.73 Å². The fourth-order valence-corrected chi connectivity index (χ4v) is 4.50. The van der Waals surface area contributed by atoms with Gasteiger partial charge in [0.2, 0.25) is 5.91 Å². The van der Waals surface area contributed by atoms with Crippen molar-refractivity contribution in [1.29, 1.82) is 0 Å². The molecule has 3 aliphatic rings. The van der Waals surface area contributed by atoms with Gasteiger partial charge in [-0.1, -0.05) is 19.8 Å². The van der Waals surface area contributed by atoms with Crippen LogP contribution in [0.3, 0.4) is 0 Å². The molecular weight excluding hydrogens is 296 g/mol. The van der Waals surface area contributed by atoms with Crippen molar-refractivity contribution < 1.29 is 4.79 Å². The maximum Gasteiger partial charge on any atom is 0.226 e. The minimum absolute atomic E-state index is 0. The average molecular weight is 329 g/mol. The number of nitrogens with zero attached hydrogens (tertiary/aromatic N) is 1. The molecule has 3 fully saturated rings. The van der Waals surface area contributed by atoms with Crippen molar-refractivity contribution in [3.05, 3.63) is 0 Å². The second-order valence-electron chi connectivity index (χ2n) is 7.68. The van der Waals surface area contributed by atoms with Gasteiger partial charge in [0.1, 0.15) is 0 Å². The van der Waals surface area contributed by atoms with E-state index in [1.165, 1.54) is 44.9 Å². The van der Waals surface area contributed by atoms with Crippen LogP contribution in [0.1, 0.15) is 77.6 Å². The molecular formula is C18H33ClN2O. The van der Waals surface area contributed by atoms with E-state index in [-0.39, 0.29) is 24.4 Å². The summed E-state index contributed by atoms with van der Waals surface area (Å²) in [4.78, 5) is 15.4. The van der Waals surface area contributed by atoms with E-state index < -0.39 is 0 Å². The topological polar surface area (TPSA) is 46.3 Å². The van der Waals surface area contributed by atoms with Crippen LogP contribution < -0.4 is 5.73 Å². The molecule has 0 saturated heterocycles. The molecule has 0 heterocycles. The molecule has 1 amide bonds. The van der Waals surface area contributed by atoms with Crippen molar-refractivity contribution in [2.45, 2.75) is 95.7 Å². The first-order valence-electron chi connectivity index (χ1n) is 9.26. The number of halogens is 1. The van der Waals surface area contributed by atoms with Gasteiger partial charge in [-0.15, -0.1) is 12.4 Å². The third-order valence-corrected chi connectivity index (χ3v) is 6.05. The van der Waals surface area contributed by atoms with Crippen LogP contribution in [0, 0.1) is 11.8 Å². The number of carbonyl (C=O) groups excluding carboxylic acids is 1. The summed E-state index contributed by atoms with van der Waals surface area (Å²) in [6.07, 6.45) is 13.1. The van der Waals surface area contributed by atoms with Gasteiger partial charge < -0.3 is 10.6 Å². The van der Waals surface area contributed by atoms with Crippen LogP contribution in [-0.4, -0.2) is 28.9 Å². The van der Waals surface area contributed by atoms with E-state index in [0.717, 1.165) is 31.6 Å². The van der Waals surface area contributed by atoms with Gasteiger partial charge in [-0.25, -0.2) is 0 Å². The SMILES string of the molecule is CCC1CCC(N(C(=O)C2CCCC(N)C2)C2CC2)CC1.Cl. The summed E-state index contributed by atoms with van der Waals surface area (Å²) in [5.74, 6) is 1.58. The van der Waals surface area contributed by atoms with E-state index in [1.807, 2.05) is 0 Å². The molecule has 3 nitrogen and oxygen atoms in total. The Labute approximate surface area is 141 Å². The Balaban J connectivity index is 0.00000176. The molecule has 2 atom stereocenters. The van der Waals surface area contributed by atoms with Crippen LogP contribution in [0.15, 0.2) is 0 Å². The van der Waals surface area contributed by atoms with Gasteiger partial charge in [0.15, 0.2) is 0 Å². The Morgan fingerprint density at radius 3 is 2.09 bits per heavy atom. The summed E-state index contributed by atoms with van der Waals surface area (Å²) in [5, 5.41) is 0. The number of nitrogens with two attached hydrogens (primary N) is 1. The average Bonchev–Trinajstić information content (AvgIpc) is 3.33. The van der Waals surface area contributed by atoms with Gasteiger partial charge >= 0.3 is 0 Å². The summed E-state index contributed by atoms with van der Waals surface area (Å²) in [7, 11) is 0. The van der Waals surface area contributed by atoms with E-state index in [9.17, 15) is 4.79 Å². The van der Waals surface area contributed by atoms with Gasteiger partial charge in [-0.2, -0.15) is 0 Å². The molecule has 128 valence electrons. The quantitative estimate of drug-likeness (QED) is 0.851. The van der Waals surface area contributed by atoms with Gasteiger partial charge in [0.05, 0.1) is 0 Å². The van der Waals surface area contributed by atoms with Crippen LogP contribution in [0.2, 0.25) is 0 Å². The smallest absolute Gasteiger partial charge is 0.226 e. The van der Waals surface area contributed by atoms with E-state index in [1.54, 1.807) is 0 Å². The number of rotatable bonds is 4. The van der Waals surface area contributed by atoms with Gasteiger partial charge in [-0.05, 0) is 63.7 Å². The standard InChI is InChI=1S/C18H32N2O.ClH/c1-2-13-6-8-16(9-7-13)20(17-10-11-17)18(21)14-4-3-5-15(19)12-14;/h13-17H,2-12,19H2,1H3;1H. The minimum atomic E-state index is 0. The van der Waals surface area contributed by atoms with Gasteiger partial charge in [-0.3, -0.25) is 4.79 Å². The zero-order chi connectivity index (χ0) is 14.8. The van der Waals surface area contributed by atoms with Crippen LogP contribution in [0.25, 0.3) is 0 Å². The van der Waals surface area contributed by atoms with Crippen molar-refractivity contribution in [3.8, 4) is 0 Å². The molecule has 0 radical (unpaired) electrons. The number of amides is 1. The molecule has 0 aromatic rings. The number of hydrogen-bond acceptors (Lipinski definition) is 2. The van der Waals surface area contributed by atoms with Gasteiger partial charge in [0, 0.05) is 24.0 Å². The number of hydrogen-bond donors (Lipinski definition) is 1. The highest BCUT2D eigenvalue weighted by atomic mass is 35.5. The predicted octanol–water partition coefficient (Wildman–Crippen LogP) is 3.89. The third-order valence-electron chi connectivity index (χ3n) is 6.05. The largest absolute Gasteiger partial charge is 0.336 e. The molecule has 3 saturated carbocycles. The monoisotopic (exact) mass is 328 g/mol. The molecule has 0 aliphatic heterocycles. The van der Waals surface area contributed by atoms with Crippen molar-refractivity contribution in [1.82, 2.24) is 4.90 Å². The van der Waals surface area contributed by atoms with Crippen molar-refractivity contribution in [3.63, 3.8) is 0 Å². The van der Waals surface area contributed by atoms with Crippen LogP contribution in [0.5, 0.6) is 0 Å². The lowest BCUT2D eigenvalue weighted by atomic mass is 9.81. The third kappa shape index (κ3) is 4.17. The first kappa shape index (κ1) is 18.1. The molecule has 0 bridgehead atoms. The first-order chi connectivity index (χ1) is 10.2. The summed E-state index contributed by atoms with van der Waals surface area (Å²) < 4.78 is 0. The predicted molar refractivity (Wildman–Crippen MR) is 93.1 cm³/mol. The maximum atomic E-state index is 13.0. The lowest BCUT2D eigenvalue weighted by Gasteiger charge is -2.40. The Bertz CT molecular complexity index is 364. The molecule has 2 unspecified atom stereocenters. The Kier molecular flexibility index (Phi) is 6.58. The summed E-state index contributed by atoms with van der Waals surface area (Å²) in [5.41, 5.74) is 6.10. The second-order valence-corrected chi connectivity index (χ2v) is 7.68. The lowest BCUT2D eigenvalue weighted by molar-refractivity contribution is -0.140. The maximum absolute atomic E-state index is 13.0. The van der Waals surface area contributed by atoms with E-state index >= 15 is 0 Å². The highest BCUT2D eigenvalue weighted by Gasteiger charge is 2.41. The fourth-order valence-electron chi connectivity index (χ4n) is 4.50. The molecule has 3 rings (SSSR count). The lowest BCUT2D eigenvalue weighted by Crippen LogP contribution is -2.48. The summed E-state index contributed by atoms with van der Waals surface area (Å²) in [6, 6.07) is 1.36. The molecule has 0 aromatic carbocycles. The highest BCUT2D eigenvalue weighted by molar-refractivity contribution is 5.85. The fraction of sp³-hybridized carbons (Fsp3) is 0.944. The molecule has 4 heteroatoms. The second kappa shape index (κ2) is 8.01. The highest BCUT2D eigenvalue weighted by Crippen LogP contribution is 2.38. The van der Waals surface area contributed by atoms with Crippen molar-refractivity contribution in [2.24, 2.45) is 17.6 Å². The van der Waals surface area contributed by atoms with Crippen LogP contribution in [0.4, 0.5) is 0 Å². The Morgan fingerprint density at radius 1 is 1.00 bits per heavy atom. The van der Waals surface area contributed by atoms with Crippen LogP contribution >= 0.6 is 12.4 Å². The van der Waals surface area contributed by atoms with Gasteiger partial charge in [0.25, 0.3) is 0 Å². The molecule has 3 aliphatic carbocycles. The Morgan fingerprint density at radius 2 is 1.59 bits per heavy atom. The van der Waals surface area contributed by atoms with Crippen LogP contribution in [-0.2, 0) is 4.79 Å². The first-order valence-corrected chi connectivity index (χ1v) is 9.26. The molecule has 0 spiro atoms. The molecule has 2 N–H and O–H groups in total. The van der Waals surface area contributed by atoms with Crippen molar-refractivity contribution in [2.75, 3.05) is 0 Å². The zero-order valence-corrected chi connectivity index (χ0v) is 14.8. The van der Waals surface area contributed by atoms with E-state index in [0.29, 0.717) is 18.0 Å². The van der Waals surface area contributed by atoms with E-state index in [2.05, 4.69) is 11.8 Å². The van der Waals surface area contributed by atoms with Crippen molar-refractivity contribution >= 4 is 18.3 Å². The molecule has 22 heavy (non-hydrogen) atoms. The summed E-state index contributed by atoms with van der Waals surface area (Å²) >= 11 is 0. The Hall–Kier alpha value is -0.280.